The van der Waals surface area contributed by atoms with E-state index >= 15 is 0 Å². The maximum atomic E-state index is 13.7. The van der Waals surface area contributed by atoms with Gasteiger partial charge in [0.05, 0.1) is 4.70 Å². The molecule has 0 unspecified atom stereocenters. The van der Waals surface area contributed by atoms with E-state index in [4.69, 9.17) is 0 Å². The van der Waals surface area contributed by atoms with E-state index in [1.807, 2.05) is 5.38 Å². The second-order valence-corrected chi connectivity index (χ2v) is 5.23. The van der Waals surface area contributed by atoms with Gasteiger partial charge >= 0.3 is 0 Å². The normalized spacial score (nSPS) is 11.6. The van der Waals surface area contributed by atoms with E-state index in [-0.39, 0.29) is 11.6 Å². The molecular weight excluding hydrogens is 240 g/mol. The van der Waals surface area contributed by atoms with Crippen molar-refractivity contribution < 1.29 is 8.78 Å². The summed E-state index contributed by atoms with van der Waals surface area (Å²) in [5.74, 6) is -0.670. The van der Waals surface area contributed by atoms with Crippen LogP contribution in [0.25, 0.3) is 10.1 Å². The van der Waals surface area contributed by atoms with E-state index < -0.39 is 0 Å². The first-order valence-electron chi connectivity index (χ1n) is 5.67. The Balaban J connectivity index is 2.26. The Kier molecular flexibility index (Phi) is 3.74. The molecule has 0 aliphatic rings. The van der Waals surface area contributed by atoms with E-state index in [2.05, 4.69) is 19.2 Å². The molecule has 0 radical (unpaired) electrons. The van der Waals surface area contributed by atoms with Crippen molar-refractivity contribution in [3.63, 3.8) is 0 Å². The van der Waals surface area contributed by atoms with Crippen LogP contribution in [0.4, 0.5) is 8.78 Å². The van der Waals surface area contributed by atoms with Crippen molar-refractivity contribution in [3.05, 3.63) is 34.7 Å². The third kappa shape index (κ3) is 2.64. The zero-order chi connectivity index (χ0) is 12.4. The highest BCUT2D eigenvalue weighted by Gasteiger charge is 2.12. The van der Waals surface area contributed by atoms with Gasteiger partial charge in [-0.3, -0.25) is 0 Å². The van der Waals surface area contributed by atoms with Crippen molar-refractivity contribution in [1.29, 1.82) is 0 Å². The molecule has 1 aromatic heterocycles. The molecule has 1 nitrogen and oxygen atoms in total. The highest BCUT2D eigenvalue weighted by atomic mass is 32.1. The molecule has 1 heterocycles. The van der Waals surface area contributed by atoms with E-state index in [9.17, 15) is 8.78 Å². The summed E-state index contributed by atoms with van der Waals surface area (Å²) < 4.78 is 27.5. The Bertz CT molecular complexity index is 519. The molecule has 0 spiro atoms. The van der Waals surface area contributed by atoms with Gasteiger partial charge in [0, 0.05) is 11.4 Å². The fourth-order valence-corrected chi connectivity index (χ4v) is 2.84. The quantitative estimate of drug-likeness (QED) is 0.878. The fourth-order valence-electron chi connectivity index (χ4n) is 1.82. The highest BCUT2D eigenvalue weighted by Crippen LogP contribution is 2.30. The topological polar surface area (TPSA) is 12.0 Å². The molecule has 0 fully saturated rings. The van der Waals surface area contributed by atoms with Crippen LogP contribution in [-0.4, -0.2) is 12.6 Å². The molecule has 0 bridgehead atoms. The molecule has 2 rings (SSSR count). The standard InChI is InChI=1S/C13H15F2NS/c1-8(2)16-6-5-9-7-17-13-11(15)4-3-10(14)12(9)13/h3-4,7-8,16H,5-6H2,1-2H3. The molecule has 0 saturated carbocycles. The van der Waals surface area contributed by atoms with Crippen molar-refractivity contribution in [3.8, 4) is 0 Å². The molecule has 0 aliphatic heterocycles. The molecule has 0 atom stereocenters. The molecule has 2 aromatic rings. The third-order valence-electron chi connectivity index (χ3n) is 2.65. The summed E-state index contributed by atoms with van der Waals surface area (Å²) in [5, 5.41) is 5.56. The summed E-state index contributed by atoms with van der Waals surface area (Å²) in [5.41, 5.74) is 0.884. The molecule has 92 valence electrons. The van der Waals surface area contributed by atoms with Crippen LogP contribution in [0.5, 0.6) is 0 Å². The number of hydrogen-bond donors (Lipinski definition) is 1. The Morgan fingerprint density at radius 2 is 1.94 bits per heavy atom. The van der Waals surface area contributed by atoms with Gasteiger partial charge in [-0.15, -0.1) is 11.3 Å². The third-order valence-corrected chi connectivity index (χ3v) is 3.68. The van der Waals surface area contributed by atoms with E-state index in [0.717, 1.165) is 18.5 Å². The van der Waals surface area contributed by atoms with Crippen LogP contribution in [0.15, 0.2) is 17.5 Å². The Hall–Kier alpha value is -1.00. The minimum absolute atomic E-state index is 0.331. The SMILES string of the molecule is CC(C)NCCc1csc2c(F)ccc(F)c12. The van der Waals surface area contributed by atoms with Crippen LogP contribution >= 0.6 is 11.3 Å². The summed E-state index contributed by atoms with van der Waals surface area (Å²) in [6, 6.07) is 2.79. The molecule has 0 saturated heterocycles. The van der Waals surface area contributed by atoms with Gasteiger partial charge in [0.1, 0.15) is 11.6 Å². The van der Waals surface area contributed by atoms with Crippen LogP contribution in [0.2, 0.25) is 0 Å². The largest absolute Gasteiger partial charge is 0.314 e. The summed E-state index contributed by atoms with van der Waals surface area (Å²) in [4.78, 5) is 0. The van der Waals surface area contributed by atoms with Gasteiger partial charge in [0.2, 0.25) is 0 Å². The van der Waals surface area contributed by atoms with E-state index in [0.29, 0.717) is 16.1 Å². The molecular formula is C13H15F2NS. The predicted octanol–water partition coefficient (Wildman–Crippen LogP) is 3.72. The Morgan fingerprint density at radius 3 is 2.65 bits per heavy atom. The number of halogens is 2. The van der Waals surface area contributed by atoms with Gasteiger partial charge < -0.3 is 5.32 Å². The summed E-state index contributed by atoms with van der Waals surface area (Å²) in [6.45, 7) is 4.90. The number of hydrogen-bond acceptors (Lipinski definition) is 2. The van der Waals surface area contributed by atoms with Gasteiger partial charge in [-0.25, -0.2) is 8.78 Å². The first-order valence-corrected chi connectivity index (χ1v) is 6.55. The number of rotatable bonds is 4. The van der Waals surface area contributed by atoms with Crippen LogP contribution in [0, 0.1) is 11.6 Å². The van der Waals surface area contributed by atoms with Crippen LogP contribution in [0.1, 0.15) is 19.4 Å². The van der Waals surface area contributed by atoms with Gasteiger partial charge in [-0.05, 0) is 36.0 Å². The molecule has 1 N–H and O–H groups in total. The number of fused-ring (bicyclic) bond motifs is 1. The summed E-state index contributed by atoms with van der Waals surface area (Å²) in [7, 11) is 0. The maximum Gasteiger partial charge on any atom is 0.141 e. The fraction of sp³-hybridized carbons (Fsp3) is 0.385. The molecule has 1 aromatic carbocycles. The average Bonchev–Trinajstić information content (AvgIpc) is 2.68. The first-order chi connectivity index (χ1) is 8.09. The summed E-state index contributed by atoms with van der Waals surface area (Å²) >= 11 is 1.27. The predicted molar refractivity (Wildman–Crippen MR) is 68.6 cm³/mol. The van der Waals surface area contributed by atoms with Gasteiger partial charge in [-0.2, -0.15) is 0 Å². The van der Waals surface area contributed by atoms with Crippen molar-refractivity contribution in [2.75, 3.05) is 6.54 Å². The van der Waals surface area contributed by atoms with E-state index in [1.165, 1.54) is 23.5 Å². The maximum absolute atomic E-state index is 13.7. The van der Waals surface area contributed by atoms with Crippen LogP contribution in [-0.2, 0) is 6.42 Å². The Morgan fingerprint density at radius 1 is 1.24 bits per heavy atom. The number of nitrogens with one attached hydrogen (secondary N) is 1. The Labute approximate surface area is 103 Å². The lowest BCUT2D eigenvalue weighted by Gasteiger charge is -2.07. The number of benzene rings is 1. The molecule has 17 heavy (non-hydrogen) atoms. The lowest BCUT2D eigenvalue weighted by molar-refractivity contribution is 0.589. The van der Waals surface area contributed by atoms with Gasteiger partial charge in [0.15, 0.2) is 0 Å². The number of thiophene rings is 1. The van der Waals surface area contributed by atoms with Crippen molar-refractivity contribution in [2.24, 2.45) is 0 Å². The van der Waals surface area contributed by atoms with Crippen molar-refractivity contribution in [2.45, 2.75) is 26.3 Å². The second-order valence-electron chi connectivity index (χ2n) is 4.35. The van der Waals surface area contributed by atoms with Crippen LogP contribution < -0.4 is 5.32 Å². The smallest absolute Gasteiger partial charge is 0.141 e. The monoisotopic (exact) mass is 255 g/mol. The van der Waals surface area contributed by atoms with Crippen molar-refractivity contribution >= 4 is 21.4 Å². The minimum atomic E-state index is -0.338. The van der Waals surface area contributed by atoms with Gasteiger partial charge in [0.25, 0.3) is 0 Å². The first kappa shape index (κ1) is 12.5. The van der Waals surface area contributed by atoms with E-state index in [1.54, 1.807) is 0 Å². The zero-order valence-electron chi connectivity index (χ0n) is 9.89. The highest BCUT2D eigenvalue weighted by molar-refractivity contribution is 7.17. The zero-order valence-corrected chi connectivity index (χ0v) is 10.7. The molecule has 0 amide bonds. The molecule has 4 heteroatoms. The van der Waals surface area contributed by atoms with Crippen LogP contribution in [0.3, 0.4) is 0 Å². The minimum Gasteiger partial charge on any atom is -0.314 e. The molecule has 0 aliphatic carbocycles. The van der Waals surface area contributed by atoms with Crippen molar-refractivity contribution in [1.82, 2.24) is 5.32 Å². The average molecular weight is 255 g/mol. The second kappa shape index (κ2) is 5.10. The lowest BCUT2D eigenvalue weighted by atomic mass is 10.1. The van der Waals surface area contributed by atoms with Gasteiger partial charge in [-0.1, -0.05) is 13.8 Å². The lowest BCUT2D eigenvalue weighted by Crippen LogP contribution is -2.24. The summed E-state index contributed by atoms with van der Waals surface area (Å²) in [6.07, 6.45) is 0.721.